The van der Waals surface area contributed by atoms with E-state index < -0.39 is 10.9 Å². The molecule has 1 aliphatic rings. The first kappa shape index (κ1) is 17.4. The van der Waals surface area contributed by atoms with Gasteiger partial charge in [0.05, 0.1) is 10.5 Å². The molecule has 1 aliphatic carbocycles. The maximum Gasteiger partial charge on any atom is 0.338 e. The van der Waals surface area contributed by atoms with Crippen LogP contribution in [-0.2, 0) is 4.74 Å². The molecule has 6 nitrogen and oxygen atoms in total. The molecule has 0 heterocycles. The second-order valence-electron chi connectivity index (χ2n) is 6.01. The molecule has 126 valence electrons. The van der Waals surface area contributed by atoms with Crippen LogP contribution in [0, 0.1) is 10.1 Å². The lowest BCUT2D eigenvalue weighted by molar-refractivity contribution is -0.384. The minimum absolute atomic E-state index is 0.0352. The third kappa shape index (κ3) is 5.32. The van der Waals surface area contributed by atoms with E-state index in [0.717, 1.165) is 6.42 Å². The predicted octanol–water partition coefficient (Wildman–Crippen LogP) is 3.45. The van der Waals surface area contributed by atoms with Crippen molar-refractivity contribution in [2.75, 3.05) is 6.61 Å². The molecule has 0 bridgehead atoms. The highest BCUT2D eigenvalue weighted by Gasteiger charge is 2.18. The van der Waals surface area contributed by atoms with Gasteiger partial charge in [-0.1, -0.05) is 26.2 Å². The molecule has 0 spiro atoms. The van der Waals surface area contributed by atoms with Crippen LogP contribution in [0.25, 0.3) is 0 Å². The van der Waals surface area contributed by atoms with Crippen LogP contribution in [0.5, 0.6) is 0 Å². The Labute approximate surface area is 136 Å². The minimum Gasteiger partial charge on any atom is -0.460 e. The summed E-state index contributed by atoms with van der Waals surface area (Å²) in [5, 5.41) is 14.2. The van der Waals surface area contributed by atoms with Crippen LogP contribution >= 0.6 is 0 Å². The molecular formula is C17H24N2O4. The molecular weight excluding hydrogens is 296 g/mol. The van der Waals surface area contributed by atoms with Crippen molar-refractivity contribution in [3.8, 4) is 0 Å². The highest BCUT2D eigenvalue weighted by atomic mass is 16.6. The number of nitro groups is 1. The molecule has 0 amide bonds. The molecule has 1 fully saturated rings. The third-order valence-electron chi connectivity index (χ3n) is 4.30. The lowest BCUT2D eigenvalue weighted by Crippen LogP contribution is -2.42. The van der Waals surface area contributed by atoms with Crippen molar-refractivity contribution in [2.24, 2.45) is 0 Å². The van der Waals surface area contributed by atoms with Gasteiger partial charge < -0.3 is 10.1 Å². The summed E-state index contributed by atoms with van der Waals surface area (Å²) in [6.45, 7) is 2.39. The highest BCUT2D eigenvalue weighted by Crippen LogP contribution is 2.18. The first-order valence-electron chi connectivity index (χ1n) is 8.27. The molecule has 0 unspecified atom stereocenters. The zero-order valence-corrected chi connectivity index (χ0v) is 13.5. The lowest BCUT2D eigenvalue weighted by atomic mass is 9.95. The molecule has 0 aliphatic heterocycles. The van der Waals surface area contributed by atoms with Gasteiger partial charge in [0.1, 0.15) is 6.61 Å². The van der Waals surface area contributed by atoms with E-state index in [9.17, 15) is 14.9 Å². The summed E-state index contributed by atoms with van der Waals surface area (Å²) >= 11 is 0. The van der Waals surface area contributed by atoms with Gasteiger partial charge in [0, 0.05) is 24.2 Å². The molecule has 23 heavy (non-hydrogen) atoms. The predicted molar refractivity (Wildman–Crippen MR) is 87.5 cm³/mol. The van der Waals surface area contributed by atoms with E-state index in [4.69, 9.17) is 4.74 Å². The Morgan fingerprint density at radius 1 is 1.30 bits per heavy atom. The average Bonchev–Trinajstić information content (AvgIpc) is 2.59. The highest BCUT2D eigenvalue weighted by molar-refractivity contribution is 5.89. The lowest BCUT2D eigenvalue weighted by Gasteiger charge is -2.27. The number of ether oxygens (including phenoxy) is 1. The Morgan fingerprint density at radius 3 is 2.52 bits per heavy atom. The Hall–Kier alpha value is -1.95. The minimum atomic E-state index is -0.490. The normalized spacial score (nSPS) is 16.7. The van der Waals surface area contributed by atoms with E-state index >= 15 is 0 Å². The van der Waals surface area contributed by atoms with Crippen molar-refractivity contribution < 1.29 is 14.5 Å². The maximum absolute atomic E-state index is 12.0. The summed E-state index contributed by atoms with van der Waals surface area (Å²) in [5.41, 5.74) is 0.301. The van der Waals surface area contributed by atoms with Gasteiger partial charge >= 0.3 is 5.97 Å². The van der Waals surface area contributed by atoms with Gasteiger partial charge in [0.25, 0.3) is 5.69 Å². The molecule has 2 rings (SSSR count). The zero-order valence-electron chi connectivity index (χ0n) is 13.5. The third-order valence-corrected chi connectivity index (χ3v) is 4.30. The number of nitro benzene ring substituents is 1. The van der Waals surface area contributed by atoms with Crippen LogP contribution in [0.3, 0.4) is 0 Å². The molecule has 1 atom stereocenters. The van der Waals surface area contributed by atoms with Crippen LogP contribution in [0.1, 0.15) is 55.8 Å². The van der Waals surface area contributed by atoms with Crippen molar-refractivity contribution >= 4 is 11.7 Å². The first-order valence-corrected chi connectivity index (χ1v) is 8.27. The Bertz CT molecular complexity index is 524. The summed E-state index contributed by atoms with van der Waals surface area (Å²) in [6, 6.07) is 6.15. The molecule has 1 aromatic rings. The van der Waals surface area contributed by atoms with Crippen molar-refractivity contribution in [3.05, 3.63) is 39.9 Å². The Morgan fingerprint density at radius 2 is 1.96 bits per heavy atom. The number of nitrogens with one attached hydrogen (secondary N) is 1. The Kier molecular flexibility index (Phi) is 6.52. The van der Waals surface area contributed by atoms with Crippen molar-refractivity contribution in [1.82, 2.24) is 5.32 Å². The monoisotopic (exact) mass is 320 g/mol. The van der Waals surface area contributed by atoms with Gasteiger partial charge in [-0.2, -0.15) is 0 Å². The molecule has 1 saturated carbocycles. The number of hydrogen-bond donors (Lipinski definition) is 1. The van der Waals surface area contributed by atoms with Crippen LogP contribution in [0.4, 0.5) is 5.69 Å². The second-order valence-corrected chi connectivity index (χ2v) is 6.01. The topological polar surface area (TPSA) is 81.5 Å². The largest absolute Gasteiger partial charge is 0.460 e. The fourth-order valence-corrected chi connectivity index (χ4v) is 2.87. The number of esters is 1. The van der Waals surface area contributed by atoms with Gasteiger partial charge in [-0.15, -0.1) is 0 Å². The van der Waals surface area contributed by atoms with E-state index in [0.29, 0.717) is 18.2 Å². The van der Waals surface area contributed by atoms with E-state index in [1.165, 1.54) is 56.4 Å². The summed E-state index contributed by atoms with van der Waals surface area (Å²) < 4.78 is 5.35. The number of carbonyl (C=O) groups is 1. The number of nitrogens with zero attached hydrogens (tertiary/aromatic N) is 1. The van der Waals surface area contributed by atoms with Crippen LogP contribution in [0.2, 0.25) is 0 Å². The molecule has 0 radical (unpaired) electrons. The maximum atomic E-state index is 12.0. The number of rotatable bonds is 7. The number of benzene rings is 1. The van der Waals surface area contributed by atoms with Gasteiger partial charge in [-0.25, -0.2) is 4.79 Å². The SMILES string of the molecule is CC[C@H](COC(=O)c1ccc([N+](=O)[O-])cc1)NC1CCCCC1. The summed E-state index contributed by atoms with van der Waals surface area (Å²) in [6.07, 6.45) is 7.10. The number of carbonyl (C=O) groups excluding carboxylic acids is 1. The summed E-state index contributed by atoms with van der Waals surface area (Å²) in [4.78, 5) is 22.1. The fourth-order valence-electron chi connectivity index (χ4n) is 2.87. The first-order chi connectivity index (χ1) is 11.1. The molecule has 0 saturated heterocycles. The number of hydrogen-bond acceptors (Lipinski definition) is 5. The molecule has 1 N–H and O–H groups in total. The van der Waals surface area contributed by atoms with E-state index in [2.05, 4.69) is 12.2 Å². The van der Waals surface area contributed by atoms with Gasteiger partial charge in [0.2, 0.25) is 0 Å². The zero-order chi connectivity index (χ0) is 16.7. The quantitative estimate of drug-likeness (QED) is 0.473. The van der Waals surface area contributed by atoms with Gasteiger partial charge in [-0.3, -0.25) is 10.1 Å². The smallest absolute Gasteiger partial charge is 0.338 e. The molecule has 0 aromatic heterocycles. The standard InChI is InChI=1S/C17H24N2O4/c1-2-14(18-15-6-4-3-5-7-15)12-23-17(20)13-8-10-16(11-9-13)19(21)22/h8-11,14-15,18H,2-7,12H2,1H3/t14-/m1/s1. The summed E-state index contributed by atoms with van der Waals surface area (Å²) in [7, 11) is 0. The summed E-state index contributed by atoms with van der Waals surface area (Å²) in [5.74, 6) is -0.441. The van der Waals surface area contributed by atoms with Gasteiger partial charge in [0.15, 0.2) is 0 Å². The second kappa shape index (κ2) is 8.62. The van der Waals surface area contributed by atoms with Crippen molar-refractivity contribution in [1.29, 1.82) is 0 Å². The van der Waals surface area contributed by atoms with Crippen molar-refractivity contribution in [3.63, 3.8) is 0 Å². The molecule has 6 heteroatoms. The van der Waals surface area contributed by atoms with Gasteiger partial charge in [-0.05, 0) is 31.4 Å². The van der Waals surface area contributed by atoms with E-state index in [-0.39, 0.29) is 11.7 Å². The average molecular weight is 320 g/mol. The number of non-ortho nitro benzene ring substituents is 1. The van der Waals surface area contributed by atoms with Crippen LogP contribution in [0.15, 0.2) is 24.3 Å². The van der Waals surface area contributed by atoms with Crippen molar-refractivity contribution in [2.45, 2.75) is 57.5 Å². The van der Waals surface area contributed by atoms with E-state index in [1.807, 2.05) is 0 Å². The van der Waals surface area contributed by atoms with E-state index in [1.54, 1.807) is 0 Å². The van der Waals surface area contributed by atoms with Crippen LogP contribution in [-0.4, -0.2) is 29.6 Å². The van der Waals surface area contributed by atoms with Crippen LogP contribution < -0.4 is 5.32 Å². The fraction of sp³-hybridized carbons (Fsp3) is 0.588. The molecule has 1 aromatic carbocycles. The Balaban J connectivity index is 1.82.